The van der Waals surface area contributed by atoms with E-state index in [0.717, 1.165) is 0 Å². The first-order valence-electron chi connectivity index (χ1n) is 5.80. The van der Waals surface area contributed by atoms with Crippen molar-refractivity contribution in [3.8, 4) is 0 Å². The highest BCUT2D eigenvalue weighted by Crippen LogP contribution is 2.35. The molecule has 2 fully saturated rings. The third kappa shape index (κ3) is 2.16. The number of fused-ring (bicyclic) bond motifs is 1. The highest BCUT2D eigenvalue weighted by molar-refractivity contribution is 7.92. The summed E-state index contributed by atoms with van der Waals surface area (Å²) in [5, 5.41) is -0.736. The van der Waals surface area contributed by atoms with Crippen LogP contribution in [0.4, 0.5) is 0 Å². The number of Topliss-reactive ketones (excluding diaryl/α,β-unsaturated/α-hetero) is 1. The van der Waals surface area contributed by atoms with Crippen molar-refractivity contribution in [3.63, 3.8) is 0 Å². The topological polar surface area (TPSA) is 80.8 Å². The van der Waals surface area contributed by atoms with Crippen molar-refractivity contribution in [2.45, 2.75) is 38.8 Å². The summed E-state index contributed by atoms with van der Waals surface area (Å²) in [4.78, 5) is 24.3. The molecule has 18 heavy (non-hydrogen) atoms. The molecule has 0 N–H and O–H groups in total. The second-order valence-electron chi connectivity index (χ2n) is 5.73. The molecule has 0 spiro atoms. The maximum absolute atomic E-state index is 11.7. The summed E-state index contributed by atoms with van der Waals surface area (Å²) in [7, 11) is -3.28. The minimum atomic E-state index is -3.28. The molecule has 2 rings (SSSR count). The normalized spacial score (nSPS) is 29.9. The van der Waals surface area contributed by atoms with Gasteiger partial charge < -0.3 is 4.74 Å². The molecule has 0 bridgehead atoms. The quantitative estimate of drug-likeness (QED) is 0.674. The molecule has 102 valence electrons. The molecule has 2 aliphatic rings. The van der Waals surface area contributed by atoms with Crippen LogP contribution in [0.25, 0.3) is 0 Å². The third-order valence-electron chi connectivity index (χ3n) is 3.29. The number of hydrogen-bond donors (Lipinski definition) is 0. The zero-order chi connectivity index (χ0) is 13.7. The highest BCUT2D eigenvalue weighted by atomic mass is 32.2. The van der Waals surface area contributed by atoms with E-state index in [9.17, 15) is 18.0 Å². The van der Waals surface area contributed by atoms with Gasteiger partial charge in [-0.2, -0.15) is 0 Å². The standard InChI is InChI=1S/C11H17NO5S/c1-11(2,3)7(13)5-17-9-6-18(15,16)10-4-8(14)12(9)10/h9-10H,4-6H2,1-3H3/t9?,10-/m1/s1. The lowest BCUT2D eigenvalue weighted by atomic mass is 9.91. The lowest BCUT2D eigenvalue weighted by molar-refractivity contribution is -0.161. The largest absolute Gasteiger partial charge is 0.349 e. The van der Waals surface area contributed by atoms with Crippen LogP contribution in [0, 0.1) is 5.41 Å². The first kappa shape index (κ1) is 13.5. The van der Waals surface area contributed by atoms with Crippen LogP contribution in [-0.2, 0) is 24.2 Å². The molecule has 2 saturated heterocycles. The lowest BCUT2D eigenvalue weighted by Gasteiger charge is -2.36. The van der Waals surface area contributed by atoms with E-state index >= 15 is 0 Å². The summed E-state index contributed by atoms with van der Waals surface area (Å²) < 4.78 is 28.6. The van der Waals surface area contributed by atoms with Crippen LogP contribution in [0.15, 0.2) is 0 Å². The van der Waals surface area contributed by atoms with Crippen molar-refractivity contribution < 1.29 is 22.7 Å². The van der Waals surface area contributed by atoms with Gasteiger partial charge in [0.2, 0.25) is 5.91 Å². The first-order chi connectivity index (χ1) is 8.13. The smallest absolute Gasteiger partial charge is 0.228 e. The number of ketones is 1. The van der Waals surface area contributed by atoms with Crippen LogP contribution in [0.5, 0.6) is 0 Å². The van der Waals surface area contributed by atoms with Crippen molar-refractivity contribution in [2.24, 2.45) is 5.41 Å². The second-order valence-corrected chi connectivity index (χ2v) is 7.93. The van der Waals surface area contributed by atoms with Crippen LogP contribution in [0.1, 0.15) is 27.2 Å². The maximum atomic E-state index is 11.7. The SMILES string of the molecule is CC(C)(C)C(=O)COC1CS(=O)(=O)[C@@H]2CC(=O)N12. The Labute approximate surface area is 106 Å². The Kier molecular flexibility index (Phi) is 3.02. The Morgan fingerprint density at radius 3 is 2.56 bits per heavy atom. The van der Waals surface area contributed by atoms with E-state index in [1.165, 1.54) is 4.90 Å². The van der Waals surface area contributed by atoms with E-state index in [1.54, 1.807) is 20.8 Å². The van der Waals surface area contributed by atoms with Crippen molar-refractivity contribution in [1.82, 2.24) is 4.90 Å². The summed E-state index contributed by atoms with van der Waals surface area (Å²) in [5.41, 5.74) is -0.532. The molecule has 0 aromatic rings. The zero-order valence-electron chi connectivity index (χ0n) is 10.7. The fourth-order valence-corrected chi connectivity index (χ4v) is 3.83. The minimum absolute atomic E-state index is 0.0371. The first-order valence-corrected chi connectivity index (χ1v) is 7.52. The molecule has 1 unspecified atom stereocenters. The molecule has 0 aliphatic carbocycles. The molecule has 7 heteroatoms. The van der Waals surface area contributed by atoms with Crippen LogP contribution >= 0.6 is 0 Å². The summed E-state index contributed by atoms with van der Waals surface area (Å²) in [5.74, 6) is -0.550. The Morgan fingerprint density at radius 1 is 1.44 bits per heavy atom. The van der Waals surface area contributed by atoms with E-state index in [0.29, 0.717) is 0 Å². The Balaban J connectivity index is 1.99. The number of carbonyl (C=O) groups excluding carboxylic acids is 2. The average Bonchev–Trinajstić information content (AvgIpc) is 2.39. The maximum Gasteiger partial charge on any atom is 0.228 e. The predicted octanol–water partition coefficient (Wildman–Crippen LogP) is -0.0689. The van der Waals surface area contributed by atoms with E-state index in [1.807, 2.05) is 0 Å². The van der Waals surface area contributed by atoms with Gasteiger partial charge in [0.1, 0.15) is 18.2 Å². The van der Waals surface area contributed by atoms with Gasteiger partial charge in [0.05, 0.1) is 12.2 Å². The number of amides is 1. The van der Waals surface area contributed by atoms with Gasteiger partial charge in [0.15, 0.2) is 15.6 Å². The van der Waals surface area contributed by atoms with Crippen molar-refractivity contribution in [3.05, 3.63) is 0 Å². The summed E-state index contributed by atoms with van der Waals surface area (Å²) in [6.07, 6.45) is -0.761. The number of rotatable bonds is 3. The summed E-state index contributed by atoms with van der Waals surface area (Å²) in [6, 6.07) is 0. The van der Waals surface area contributed by atoms with Gasteiger partial charge in [-0.25, -0.2) is 8.42 Å². The predicted molar refractivity (Wildman–Crippen MR) is 63.2 cm³/mol. The van der Waals surface area contributed by atoms with Gasteiger partial charge in [0, 0.05) is 5.41 Å². The molecule has 2 heterocycles. The number of carbonyl (C=O) groups is 2. The monoisotopic (exact) mass is 275 g/mol. The van der Waals surface area contributed by atoms with Crippen molar-refractivity contribution >= 4 is 21.5 Å². The summed E-state index contributed by atoms with van der Waals surface area (Å²) >= 11 is 0. The number of ether oxygens (including phenoxy) is 1. The van der Waals surface area contributed by atoms with Crippen molar-refractivity contribution in [2.75, 3.05) is 12.4 Å². The van der Waals surface area contributed by atoms with Gasteiger partial charge in [-0.15, -0.1) is 0 Å². The highest BCUT2D eigenvalue weighted by Gasteiger charge is 2.56. The molecular weight excluding hydrogens is 258 g/mol. The second kappa shape index (κ2) is 4.03. The van der Waals surface area contributed by atoms with Gasteiger partial charge in [-0.1, -0.05) is 20.8 Å². The average molecular weight is 275 g/mol. The number of sulfone groups is 1. The Morgan fingerprint density at radius 2 is 2.06 bits per heavy atom. The van der Waals surface area contributed by atoms with E-state index in [-0.39, 0.29) is 30.5 Å². The van der Waals surface area contributed by atoms with Crippen LogP contribution < -0.4 is 0 Å². The van der Waals surface area contributed by atoms with Gasteiger partial charge in [0.25, 0.3) is 0 Å². The molecule has 1 amide bonds. The van der Waals surface area contributed by atoms with Crippen LogP contribution in [0.2, 0.25) is 0 Å². The van der Waals surface area contributed by atoms with E-state index in [2.05, 4.69) is 0 Å². The molecule has 6 nitrogen and oxygen atoms in total. The van der Waals surface area contributed by atoms with E-state index in [4.69, 9.17) is 4.74 Å². The lowest BCUT2D eigenvalue weighted by Crippen LogP contribution is -2.54. The van der Waals surface area contributed by atoms with Crippen molar-refractivity contribution in [1.29, 1.82) is 0 Å². The third-order valence-corrected chi connectivity index (χ3v) is 5.26. The number of β-lactam (4-membered cyclic amide) rings is 1. The Bertz CT molecular complexity index is 490. The van der Waals surface area contributed by atoms with Crippen LogP contribution in [-0.4, -0.2) is 49.0 Å². The number of nitrogens with zero attached hydrogens (tertiary/aromatic N) is 1. The van der Waals surface area contributed by atoms with E-state index < -0.39 is 26.9 Å². The molecule has 0 radical (unpaired) electrons. The molecule has 0 saturated carbocycles. The Hall–Kier alpha value is -0.950. The number of hydrogen-bond acceptors (Lipinski definition) is 5. The minimum Gasteiger partial charge on any atom is -0.349 e. The zero-order valence-corrected chi connectivity index (χ0v) is 11.5. The molecule has 2 aliphatic heterocycles. The fourth-order valence-electron chi connectivity index (χ4n) is 1.95. The molecule has 2 atom stereocenters. The van der Waals surface area contributed by atoms with Crippen LogP contribution in [0.3, 0.4) is 0 Å². The van der Waals surface area contributed by atoms with Gasteiger partial charge in [-0.05, 0) is 0 Å². The molecular formula is C11H17NO5S. The van der Waals surface area contributed by atoms with Gasteiger partial charge >= 0.3 is 0 Å². The van der Waals surface area contributed by atoms with Gasteiger partial charge in [-0.3, -0.25) is 14.5 Å². The molecule has 0 aromatic carbocycles. The summed E-state index contributed by atoms with van der Waals surface area (Å²) in [6.45, 7) is 5.13. The molecule has 0 aromatic heterocycles. The fraction of sp³-hybridized carbons (Fsp3) is 0.818.